The third-order valence-corrected chi connectivity index (χ3v) is 4.24. The molecule has 1 saturated heterocycles. The van der Waals surface area contributed by atoms with Crippen molar-refractivity contribution >= 4 is 45.5 Å². The molecule has 0 unspecified atom stereocenters. The number of hydrogen-bond donors (Lipinski definition) is 2. The Bertz CT molecular complexity index is 936. The molecule has 4 amide bonds. The van der Waals surface area contributed by atoms with Crippen LogP contribution < -0.4 is 10.2 Å². The Labute approximate surface area is 151 Å². The molecule has 1 aliphatic rings. The molecule has 1 heterocycles. The maximum Gasteiger partial charge on any atom is 0.335 e. The Kier molecular flexibility index (Phi) is 4.41. The van der Waals surface area contributed by atoms with Crippen LogP contribution in [0.15, 0.2) is 52.5 Å². The monoisotopic (exact) mass is 400 g/mol. The largest absolute Gasteiger partial charge is 0.507 e. The minimum Gasteiger partial charge on any atom is -0.507 e. The van der Waals surface area contributed by atoms with Gasteiger partial charge in [-0.1, -0.05) is 34.1 Å². The zero-order chi connectivity index (χ0) is 18.1. The first kappa shape index (κ1) is 16.9. The molecule has 25 heavy (non-hydrogen) atoms. The van der Waals surface area contributed by atoms with E-state index in [1.807, 2.05) is 0 Å². The lowest BCUT2D eigenvalue weighted by atomic mass is 10.1. The van der Waals surface area contributed by atoms with Gasteiger partial charge in [-0.05, 0) is 42.8 Å². The Morgan fingerprint density at radius 1 is 1.12 bits per heavy atom. The van der Waals surface area contributed by atoms with Crippen LogP contribution >= 0.6 is 15.9 Å². The summed E-state index contributed by atoms with van der Waals surface area (Å²) in [5.41, 5.74) is 1.15. The van der Waals surface area contributed by atoms with Gasteiger partial charge in [-0.25, -0.2) is 9.69 Å². The van der Waals surface area contributed by atoms with E-state index >= 15 is 0 Å². The number of imide groups is 2. The molecule has 0 saturated carbocycles. The highest BCUT2D eigenvalue weighted by atomic mass is 79.9. The number of amides is 4. The third-order valence-electron chi connectivity index (χ3n) is 3.75. The molecule has 1 fully saturated rings. The van der Waals surface area contributed by atoms with Crippen LogP contribution in [-0.2, 0) is 9.59 Å². The van der Waals surface area contributed by atoms with Crippen molar-refractivity contribution in [3.63, 3.8) is 0 Å². The van der Waals surface area contributed by atoms with Gasteiger partial charge < -0.3 is 5.11 Å². The predicted molar refractivity (Wildman–Crippen MR) is 96.0 cm³/mol. The summed E-state index contributed by atoms with van der Waals surface area (Å²) < 4.78 is 0.674. The van der Waals surface area contributed by atoms with Crippen molar-refractivity contribution in [1.82, 2.24) is 5.32 Å². The van der Waals surface area contributed by atoms with Crippen molar-refractivity contribution in [3.05, 3.63) is 63.6 Å². The molecule has 0 radical (unpaired) electrons. The van der Waals surface area contributed by atoms with Crippen LogP contribution in [-0.4, -0.2) is 23.0 Å². The second kappa shape index (κ2) is 6.52. The number of nitrogens with zero attached hydrogens (tertiary/aromatic N) is 1. The van der Waals surface area contributed by atoms with Crippen molar-refractivity contribution in [1.29, 1.82) is 0 Å². The van der Waals surface area contributed by atoms with E-state index in [0.29, 0.717) is 15.7 Å². The molecule has 0 aliphatic carbocycles. The number of barbiturate groups is 1. The molecular formula is C18H13BrN2O4. The first-order chi connectivity index (χ1) is 11.9. The summed E-state index contributed by atoms with van der Waals surface area (Å²) >= 11 is 3.27. The molecule has 3 rings (SSSR count). The lowest BCUT2D eigenvalue weighted by Gasteiger charge is -2.27. The van der Waals surface area contributed by atoms with Crippen molar-refractivity contribution in [2.45, 2.75) is 6.92 Å². The summed E-state index contributed by atoms with van der Waals surface area (Å²) in [6.07, 6.45) is 1.26. The highest BCUT2D eigenvalue weighted by molar-refractivity contribution is 9.10. The fourth-order valence-electron chi connectivity index (χ4n) is 2.49. The summed E-state index contributed by atoms with van der Waals surface area (Å²) in [7, 11) is 0. The highest BCUT2D eigenvalue weighted by Gasteiger charge is 2.37. The second-order valence-corrected chi connectivity index (χ2v) is 6.36. The van der Waals surface area contributed by atoms with Crippen LogP contribution in [0.1, 0.15) is 11.1 Å². The summed E-state index contributed by atoms with van der Waals surface area (Å²) in [6.45, 7) is 1.76. The number of phenolic OH excluding ortho intramolecular Hbond substituents is 1. The number of rotatable bonds is 2. The molecule has 0 bridgehead atoms. The molecule has 2 aromatic carbocycles. The number of halogens is 1. The average Bonchev–Trinajstić information content (AvgIpc) is 2.56. The molecule has 2 aromatic rings. The topological polar surface area (TPSA) is 86.7 Å². The number of phenols is 1. The second-order valence-electron chi connectivity index (χ2n) is 5.45. The van der Waals surface area contributed by atoms with Gasteiger partial charge in [-0.3, -0.25) is 14.9 Å². The van der Waals surface area contributed by atoms with Crippen LogP contribution in [0.3, 0.4) is 0 Å². The van der Waals surface area contributed by atoms with Crippen molar-refractivity contribution in [2.75, 3.05) is 4.90 Å². The van der Waals surface area contributed by atoms with E-state index in [2.05, 4.69) is 21.2 Å². The van der Waals surface area contributed by atoms with Crippen molar-refractivity contribution in [2.24, 2.45) is 0 Å². The molecule has 6 nitrogen and oxygen atoms in total. The summed E-state index contributed by atoms with van der Waals surface area (Å²) in [5.74, 6) is -1.64. The van der Waals surface area contributed by atoms with Crippen molar-refractivity contribution in [3.8, 4) is 5.75 Å². The SMILES string of the molecule is Cc1ccccc1N1C(=O)NC(=O)/C(=C\c2cc(Br)ccc2O)C1=O. The number of nitrogens with one attached hydrogen (secondary N) is 1. The number of anilines is 1. The quantitative estimate of drug-likeness (QED) is 0.598. The van der Waals surface area contributed by atoms with Crippen LogP contribution in [0, 0.1) is 6.92 Å². The van der Waals surface area contributed by atoms with E-state index in [-0.39, 0.29) is 16.9 Å². The van der Waals surface area contributed by atoms with Gasteiger partial charge in [0.2, 0.25) is 0 Å². The standard InChI is InChI=1S/C18H13BrN2O4/c1-10-4-2-3-5-14(10)21-17(24)13(16(23)20-18(21)25)9-11-8-12(19)6-7-15(11)22/h2-9,22H,1H3,(H,20,23,25)/b13-9+. The molecular weight excluding hydrogens is 388 g/mol. The lowest BCUT2D eigenvalue weighted by molar-refractivity contribution is -0.122. The van der Waals surface area contributed by atoms with E-state index in [1.54, 1.807) is 43.3 Å². The third kappa shape index (κ3) is 3.18. The Morgan fingerprint density at radius 2 is 1.84 bits per heavy atom. The van der Waals surface area contributed by atoms with Gasteiger partial charge >= 0.3 is 6.03 Å². The Balaban J connectivity index is 2.09. The fourth-order valence-corrected chi connectivity index (χ4v) is 2.87. The van der Waals surface area contributed by atoms with E-state index in [0.717, 1.165) is 4.90 Å². The van der Waals surface area contributed by atoms with E-state index < -0.39 is 17.8 Å². The average molecular weight is 401 g/mol. The van der Waals surface area contributed by atoms with Gasteiger partial charge in [0.15, 0.2) is 0 Å². The zero-order valence-corrected chi connectivity index (χ0v) is 14.7. The normalized spacial score (nSPS) is 16.3. The molecule has 7 heteroatoms. The number of carbonyl (C=O) groups excluding carboxylic acids is 3. The maximum atomic E-state index is 12.8. The summed E-state index contributed by atoms with van der Waals surface area (Å²) in [4.78, 5) is 38.0. The van der Waals surface area contributed by atoms with Gasteiger partial charge in [0.1, 0.15) is 11.3 Å². The predicted octanol–water partition coefficient (Wildman–Crippen LogP) is 3.13. The number of urea groups is 1. The first-order valence-electron chi connectivity index (χ1n) is 7.34. The van der Waals surface area contributed by atoms with Gasteiger partial charge in [0.05, 0.1) is 5.69 Å². The maximum absolute atomic E-state index is 12.8. The van der Waals surface area contributed by atoms with Crippen LogP contribution in [0.5, 0.6) is 5.75 Å². The number of para-hydroxylation sites is 1. The van der Waals surface area contributed by atoms with Crippen LogP contribution in [0.2, 0.25) is 0 Å². The lowest BCUT2D eigenvalue weighted by Crippen LogP contribution is -2.54. The molecule has 126 valence electrons. The molecule has 0 spiro atoms. The van der Waals surface area contributed by atoms with Crippen molar-refractivity contribution < 1.29 is 19.5 Å². The number of aromatic hydroxyl groups is 1. The number of hydrogen-bond acceptors (Lipinski definition) is 4. The van der Waals surface area contributed by atoms with Crippen LogP contribution in [0.25, 0.3) is 6.08 Å². The number of aryl methyl sites for hydroxylation is 1. The van der Waals surface area contributed by atoms with Gasteiger partial charge in [0.25, 0.3) is 11.8 Å². The molecule has 0 atom stereocenters. The first-order valence-corrected chi connectivity index (χ1v) is 8.13. The molecule has 2 N–H and O–H groups in total. The van der Waals surface area contributed by atoms with E-state index in [4.69, 9.17) is 0 Å². The van der Waals surface area contributed by atoms with E-state index in [9.17, 15) is 19.5 Å². The molecule has 1 aliphatic heterocycles. The molecule has 0 aromatic heterocycles. The Morgan fingerprint density at radius 3 is 2.56 bits per heavy atom. The van der Waals surface area contributed by atoms with Gasteiger partial charge in [-0.15, -0.1) is 0 Å². The van der Waals surface area contributed by atoms with Gasteiger partial charge in [0, 0.05) is 10.0 Å². The summed E-state index contributed by atoms with van der Waals surface area (Å²) in [5, 5.41) is 12.1. The Hall–Kier alpha value is -2.93. The smallest absolute Gasteiger partial charge is 0.335 e. The van der Waals surface area contributed by atoms with Crippen LogP contribution in [0.4, 0.5) is 10.5 Å². The summed E-state index contributed by atoms with van der Waals surface area (Å²) in [6, 6.07) is 10.7. The van der Waals surface area contributed by atoms with Gasteiger partial charge in [-0.2, -0.15) is 0 Å². The number of benzene rings is 2. The van der Waals surface area contributed by atoms with E-state index in [1.165, 1.54) is 12.1 Å². The highest BCUT2D eigenvalue weighted by Crippen LogP contribution is 2.28. The minimum atomic E-state index is -0.806. The zero-order valence-electron chi connectivity index (χ0n) is 13.1. The number of carbonyl (C=O) groups is 3. The fraction of sp³-hybridized carbons (Fsp3) is 0.0556. The minimum absolute atomic E-state index is 0.0874.